The normalized spacial score (nSPS) is 9.47. The Kier molecular flexibility index (Phi) is 4.46. The van der Waals surface area contributed by atoms with Crippen LogP contribution in [0, 0.1) is 5.82 Å². The van der Waals surface area contributed by atoms with Crippen molar-refractivity contribution in [3.8, 4) is 11.6 Å². The molecule has 1 N–H and O–H groups in total. The summed E-state index contributed by atoms with van der Waals surface area (Å²) in [6.07, 6.45) is 1.31. The lowest BCUT2D eigenvalue weighted by Gasteiger charge is -2.04. The number of nitrogens with zero attached hydrogens (tertiary/aromatic N) is 1. The molecule has 0 saturated heterocycles. The maximum absolute atomic E-state index is 12.6. The van der Waals surface area contributed by atoms with E-state index in [1.165, 1.54) is 24.4 Å². The molecule has 1 aromatic heterocycles. The standard InChI is InChI=1S/C12H10FNO2.CH4/c13-10-3-1-9(2-4-10)8-16-12-6-5-11(15)7-14-12;/h1-7,15H,8H2;1H4. The highest BCUT2D eigenvalue weighted by Crippen LogP contribution is 2.13. The lowest BCUT2D eigenvalue weighted by molar-refractivity contribution is 0.293. The molecule has 1 aromatic carbocycles. The minimum Gasteiger partial charge on any atom is -0.506 e. The van der Waals surface area contributed by atoms with Gasteiger partial charge in [-0.15, -0.1) is 0 Å². The Bertz CT molecular complexity index is 408. The Morgan fingerprint density at radius 2 is 1.82 bits per heavy atom. The van der Waals surface area contributed by atoms with E-state index in [1.807, 2.05) is 0 Å². The van der Waals surface area contributed by atoms with Crippen LogP contribution in [0.15, 0.2) is 42.6 Å². The second-order valence-electron chi connectivity index (χ2n) is 3.27. The maximum Gasteiger partial charge on any atom is 0.213 e. The van der Waals surface area contributed by atoms with E-state index in [1.54, 1.807) is 18.2 Å². The molecule has 1 heterocycles. The predicted octanol–water partition coefficient (Wildman–Crippen LogP) is 3.14. The van der Waals surface area contributed by atoms with Crippen molar-refractivity contribution >= 4 is 0 Å². The molecule has 4 heteroatoms. The average molecular weight is 235 g/mol. The molecule has 0 aliphatic heterocycles. The van der Waals surface area contributed by atoms with Crippen LogP contribution < -0.4 is 4.74 Å². The van der Waals surface area contributed by atoms with Gasteiger partial charge < -0.3 is 9.84 Å². The molecule has 17 heavy (non-hydrogen) atoms. The maximum atomic E-state index is 12.6. The van der Waals surface area contributed by atoms with Crippen molar-refractivity contribution in [2.45, 2.75) is 14.0 Å². The van der Waals surface area contributed by atoms with Crippen molar-refractivity contribution in [2.24, 2.45) is 0 Å². The van der Waals surface area contributed by atoms with E-state index in [9.17, 15) is 4.39 Å². The summed E-state index contributed by atoms with van der Waals surface area (Å²) in [6, 6.07) is 9.11. The van der Waals surface area contributed by atoms with Crippen LogP contribution in [0.5, 0.6) is 11.6 Å². The first-order valence-electron chi connectivity index (χ1n) is 4.76. The number of hydrogen-bond acceptors (Lipinski definition) is 3. The van der Waals surface area contributed by atoms with Crippen LogP contribution in [0.2, 0.25) is 0 Å². The van der Waals surface area contributed by atoms with Gasteiger partial charge in [0.2, 0.25) is 5.88 Å². The van der Waals surface area contributed by atoms with Crippen LogP contribution in [-0.4, -0.2) is 10.1 Å². The number of benzene rings is 1. The molecule has 0 atom stereocenters. The summed E-state index contributed by atoms with van der Waals surface area (Å²) in [7, 11) is 0. The largest absolute Gasteiger partial charge is 0.506 e. The zero-order valence-electron chi connectivity index (χ0n) is 8.43. The molecule has 0 bridgehead atoms. The number of hydrogen-bond donors (Lipinski definition) is 1. The summed E-state index contributed by atoms with van der Waals surface area (Å²) in [5.74, 6) is 0.239. The summed E-state index contributed by atoms with van der Waals surface area (Å²) in [4.78, 5) is 3.86. The summed E-state index contributed by atoms with van der Waals surface area (Å²) < 4.78 is 18.0. The minimum absolute atomic E-state index is 0. The van der Waals surface area contributed by atoms with Gasteiger partial charge >= 0.3 is 0 Å². The lowest BCUT2D eigenvalue weighted by atomic mass is 10.2. The van der Waals surface area contributed by atoms with Crippen molar-refractivity contribution in [2.75, 3.05) is 0 Å². The molecule has 2 rings (SSSR count). The van der Waals surface area contributed by atoms with Crippen LogP contribution in [-0.2, 0) is 6.61 Å². The number of ether oxygens (including phenoxy) is 1. The molecule has 0 saturated carbocycles. The van der Waals surface area contributed by atoms with Crippen LogP contribution in [0.25, 0.3) is 0 Å². The monoisotopic (exact) mass is 235 g/mol. The van der Waals surface area contributed by atoms with Crippen LogP contribution in [0.1, 0.15) is 13.0 Å². The number of halogens is 1. The fraction of sp³-hybridized carbons (Fsp3) is 0.154. The third-order valence-corrected chi connectivity index (χ3v) is 2.02. The highest BCUT2D eigenvalue weighted by molar-refractivity contribution is 5.22. The molecule has 3 nitrogen and oxygen atoms in total. The summed E-state index contributed by atoms with van der Waals surface area (Å²) in [6.45, 7) is 0.318. The molecule has 0 amide bonds. The summed E-state index contributed by atoms with van der Waals surface area (Å²) >= 11 is 0. The third-order valence-electron chi connectivity index (χ3n) is 2.02. The molecule has 0 fully saturated rings. The smallest absolute Gasteiger partial charge is 0.213 e. The average Bonchev–Trinajstić information content (AvgIpc) is 2.30. The van der Waals surface area contributed by atoms with Crippen molar-refractivity contribution in [3.63, 3.8) is 0 Å². The van der Waals surface area contributed by atoms with E-state index in [0.29, 0.717) is 12.5 Å². The van der Waals surface area contributed by atoms with Crippen LogP contribution >= 0.6 is 0 Å². The molecule has 90 valence electrons. The van der Waals surface area contributed by atoms with Gasteiger partial charge in [-0.3, -0.25) is 0 Å². The molecule has 0 unspecified atom stereocenters. The predicted molar refractivity (Wildman–Crippen MR) is 63.4 cm³/mol. The van der Waals surface area contributed by atoms with Crippen molar-refractivity contribution in [1.82, 2.24) is 4.98 Å². The molecule has 0 aliphatic rings. The zero-order valence-corrected chi connectivity index (χ0v) is 8.43. The minimum atomic E-state index is -0.272. The van der Waals surface area contributed by atoms with E-state index in [2.05, 4.69) is 4.98 Å². The third kappa shape index (κ3) is 3.75. The topological polar surface area (TPSA) is 42.4 Å². The molecular weight excluding hydrogens is 221 g/mol. The second-order valence-corrected chi connectivity index (χ2v) is 3.27. The Balaban J connectivity index is 0.00000144. The zero-order chi connectivity index (χ0) is 11.4. The van der Waals surface area contributed by atoms with Crippen molar-refractivity contribution in [3.05, 3.63) is 54.0 Å². The van der Waals surface area contributed by atoms with Crippen molar-refractivity contribution < 1.29 is 14.2 Å². The highest BCUT2D eigenvalue weighted by Gasteiger charge is 1.97. The van der Waals surface area contributed by atoms with E-state index < -0.39 is 0 Å². The molecule has 0 aliphatic carbocycles. The molecule has 0 radical (unpaired) electrons. The van der Waals surface area contributed by atoms with Gasteiger partial charge in [0.1, 0.15) is 18.2 Å². The van der Waals surface area contributed by atoms with Crippen molar-refractivity contribution in [1.29, 1.82) is 0 Å². The van der Waals surface area contributed by atoms with Crippen LogP contribution in [0.4, 0.5) is 4.39 Å². The van der Waals surface area contributed by atoms with Gasteiger partial charge in [-0.25, -0.2) is 9.37 Å². The number of rotatable bonds is 3. The SMILES string of the molecule is C.Oc1ccc(OCc2ccc(F)cc2)nc1. The highest BCUT2D eigenvalue weighted by atomic mass is 19.1. The van der Waals surface area contributed by atoms with E-state index >= 15 is 0 Å². The number of pyridine rings is 1. The fourth-order valence-corrected chi connectivity index (χ4v) is 1.20. The Hall–Kier alpha value is -2.10. The Morgan fingerprint density at radius 1 is 1.12 bits per heavy atom. The van der Waals surface area contributed by atoms with E-state index in [4.69, 9.17) is 9.84 Å². The first-order valence-corrected chi connectivity index (χ1v) is 4.76. The van der Waals surface area contributed by atoms with Gasteiger partial charge in [0.05, 0.1) is 6.20 Å². The summed E-state index contributed by atoms with van der Waals surface area (Å²) in [5, 5.41) is 9.01. The van der Waals surface area contributed by atoms with E-state index in [-0.39, 0.29) is 19.0 Å². The Morgan fingerprint density at radius 3 is 2.41 bits per heavy atom. The quantitative estimate of drug-likeness (QED) is 0.888. The second kappa shape index (κ2) is 5.84. The van der Waals surface area contributed by atoms with E-state index in [0.717, 1.165) is 5.56 Å². The fourth-order valence-electron chi connectivity index (χ4n) is 1.20. The van der Waals surface area contributed by atoms with Crippen LogP contribution in [0.3, 0.4) is 0 Å². The molecule has 0 spiro atoms. The number of aromatic hydroxyl groups is 1. The van der Waals surface area contributed by atoms with Gasteiger partial charge in [0, 0.05) is 6.07 Å². The summed E-state index contributed by atoms with van der Waals surface area (Å²) in [5.41, 5.74) is 0.858. The first kappa shape index (κ1) is 13.0. The van der Waals surface area contributed by atoms with Gasteiger partial charge in [0.15, 0.2) is 0 Å². The lowest BCUT2D eigenvalue weighted by Crippen LogP contribution is -1.96. The molecular formula is C13H14FNO2. The van der Waals surface area contributed by atoms with Gasteiger partial charge in [-0.2, -0.15) is 0 Å². The Labute approximate surface area is 99.5 Å². The molecule has 2 aromatic rings. The first-order chi connectivity index (χ1) is 7.74. The number of aromatic nitrogens is 1. The van der Waals surface area contributed by atoms with Gasteiger partial charge in [-0.05, 0) is 23.8 Å². The van der Waals surface area contributed by atoms with Gasteiger partial charge in [-0.1, -0.05) is 19.6 Å². The van der Waals surface area contributed by atoms with Gasteiger partial charge in [0.25, 0.3) is 0 Å².